The molecule has 7 heteroatoms. The summed E-state index contributed by atoms with van der Waals surface area (Å²) < 4.78 is 33.1. The summed E-state index contributed by atoms with van der Waals surface area (Å²) in [6.07, 6.45) is 1.34. The Morgan fingerprint density at radius 3 is 2.48 bits per heavy atom. The van der Waals surface area contributed by atoms with E-state index >= 15 is 0 Å². The van der Waals surface area contributed by atoms with E-state index in [1.54, 1.807) is 44.2 Å². The smallest absolute Gasteiger partial charge is 0.243 e. The van der Waals surface area contributed by atoms with Gasteiger partial charge in [-0.3, -0.25) is 4.79 Å². The summed E-state index contributed by atoms with van der Waals surface area (Å²) in [6, 6.07) is 12.7. The zero-order valence-electron chi connectivity index (χ0n) is 17.4. The first-order valence-electron chi connectivity index (χ1n) is 9.73. The number of carbonyl (C=O) groups excluding carboxylic acids is 1. The first-order valence-corrected chi connectivity index (χ1v) is 11.2. The summed E-state index contributed by atoms with van der Waals surface area (Å²) in [7, 11) is -0.316. The van der Waals surface area contributed by atoms with Gasteiger partial charge in [-0.2, -0.15) is 4.31 Å². The first kappa shape index (κ1) is 21.3. The van der Waals surface area contributed by atoms with Crippen LogP contribution in [0, 0.1) is 19.8 Å². The molecule has 1 fully saturated rings. The van der Waals surface area contributed by atoms with E-state index in [0.717, 1.165) is 22.6 Å². The number of hydrogen-bond acceptors (Lipinski definition) is 4. The number of ether oxygens (including phenoxy) is 1. The number of sulfonamides is 1. The summed E-state index contributed by atoms with van der Waals surface area (Å²) in [6.45, 7) is 4.32. The van der Waals surface area contributed by atoms with Crippen molar-refractivity contribution in [3.05, 3.63) is 53.6 Å². The van der Waals surface area contributed by atoms with Gasteiger partial charge in [0.15, 0.2) is 0 Å². The molecule has 0 bridgehead atoms. The highest BCUT2D eigenvalue weighted by molar-refractivity contribution is 7.89. The summed E-state index contributed by atoms with van der Waals surface area (Å²) in [5.41, 5.74) is 2.38. The summed E-state index contributed by atoms with van der Waals surface area (Å²) in [5.74, 6) is 0.282. The highest BCUT2D eigenvalue weighted by Crippen LogP contribution is 2.28. The third-order valence-electron chi connectivity index (χ3n) is 5.49. The van der Waals surface area contributed by atoms with Crippen LogP contribution < -0.4 is 9.64 Å². The summed E-state index contributed by atoms with van der Waals surface area (Å²) >= 11 is 0. The Hall–Kier alpha value is -2.38. The van der Waals surface area contributed by atoms with Gasteiger partial charge in [-0.15, -0.1) is 0 Å². The number of rotatable bonds is 5. The lowest BCUT2D eigenvalue weighted by molar-refractivity contribution is -0.123. The van der Waals surface area contributed by atoms with Crippen LogP contribution in [0.3, 0.4) is 0 Å². The fourth-order valence-electron chi connectivity index (χ4n) is 3.69. The number of carbonyl (C=O) groups is 1. The molecule has 0 N–H and O–H groups in total. The average molecular weight is 417 g/mol. The van der Waals surface area contributed by atoms with E-state index in [1.165, 1.54) is 4.31 Å². The predicted molar refractivity (Wildman–Crippen MR) is 114 cm³/mol. The van der Waals surface area contributed by atoms with Crippen LogP contribution >= 0.6 is 0 Å². The highest BCUT2D eigenvalue weighted by Gasteiger charge is 2.35. The van der Waals surface area contributed by atoms with Crippen LogP contribution in [0.4, 0.5) is 5.69 Å². The van der Waals surface area contributed by atoms with E-state index in [-0.39, 0.29) is 18.4 Å². The Morgan fingerprint density at radius 1 is 1.14 bits per heavy atom. The van der Waals surface area contributed by atoms with Crippen molar-refractivity contribution < 1.29 is 17.9 Å². The fraction of sp³-hybridized carbons (Fsp3) is 0.409. The van der Waals surface area contributed by atoms with E-state index < -0.39 is 10.0 Å². The third-order valence-corrected chi connectivity index (χ3v) is 7.49. The van der Waals surface area contributed by atoms with Crippen molar-refractivity contribution in [3.8, 4) is 5.75 Å². The number of anilines is 1. The maximum absolute atomic E-state index is 13.2. The lowest BCUT2D eigenvalue weighted by Crippen LogP contribution is -2.46. The molecule has 2 aromatic carbocycles. The van der Waals surface area contributed by atoms with Crippen molar-refractivity contribution in [2.75, 3.05) is 32.1 Å². The Balaban J connectivity index is 1.78. The van der Waals surface area contributed by atoms with Crippen LogP contribution in [0.15, 0.2) is 47.4 Å². The van der Waals surface area contributed by atoms with Gasteiger partial charge in [0, 0.05) is 25.8 Å². The molecule has 6 nitrogen and oxygen atoms in total. The molecule has 0 saturated carbocycles. The number of nitrogens with zero attached hydrogens (tertiary/aromatic N) is 2. The number of aryl methyl sites for hydroxylation is 2. The van der Waals surface area contributed by atoms with Gasteiger partial charge in [0.25, 0.3) is 0 Å². The molecule has 1 aliphatic rings. The van der Waals surface area contributed by atoms with E-state index in [4.69, 9.17) is 4.74 Å². The largest absolute Gasteiger partial charge is 0.497 e. The van der Waals surface area contributed by atoms with Crippen molar-refractivity contribution >= 4 is 21.6 Å². The van der Waals surface area contributed by atoms with Crippen LogP contribution in [-0.2, 0) is 14.8 Å². The van der Waals surface area contributed by atoms with Crippen LogP contribution in [-0.4, -0.2) is 45.9 Å². The van der Waals surface area contributed by atoms with Crippen molar-refractivity contribution in [3.63, 3.8) is 0 Å². The van der Waals surface area contributed by atoms with Crippen molar-refractivity contribution in [1.29, 1.82) is 0 Å². The molecule has 1 atom stereocenters. The second-order valence-electron chi connectivity index (χ2n) is 7.57. The molecular weight excluding hydrogens is 388 g/mol. The minimum absolute atomic E-state index is 0.0731. The first-order chi connectivity index (χ1) is 13.7. The van der Waals surface area contributed by atoms with Crippen LogP contribution in [0.5, 0.6) is 5.75 Å². The van der Waals surface area contributed by atoms with E-state index in [1.807, 2.05) is 31.2 Å². The molecular formula is C22H28N2O4S. The average Bonchev–Trinajstić information content (AvgIpc) is 2.74. The number of amides is 1. The lowest BCUT2D eigenvalue weighted by Gasteiger charge is -2.33. The SMILES string of the molecule is COc1ccc(N(C)C(=O)[C@H]2CCCN(S(=O)(=O)c3cc(C)ccc3C)C2)cc1. The third kappa shape index (κ3) is 4.46. The van der Waals surface area contributed by atoms with Crippen molar-refractivity contribution in [2.45, 2.75) is 31.6 Å². The van der Waals surface area contributed by atoms with E-state index in [0.29, 0.717) is 24.3 Å². The van der Waals surface area contributed by atoms with Gasteiger partial charge in [0.05, 0.1) is 17.9 Å². The maximum atomic E-state index is 13.2. The minimum atomic E-state index is -3.63. The van der Waals surface area contributed by atoms with Gasteiger partial charge >= 0.3 is 0 Å². The van der Waals surface area contributed by atoms with E-state index in [2.05, 4.69) is 0 Å². The van der Waals surface area contributed by atoms with Gasteiger partial charge in [0.2, 0.25) is 15.9 Å². The second kappa shape index (κ2) is 8.55. The summed E-state index contributed by atoms with van der Waals surface area (Å²) in [5, 5.41) is 0. The van der Waals surface area contributed by atoms with Crippen molar-refractivity contribution in [1.82, 2.24) is 4.31 Å². The Labute approximate surface area is 173 Å². The van der Waals surface area contributed by atoms with Gasteiger partial charge in [-0.25, -0.2) is 8.42 Å². The topological polar surface area (TPSA) is 66.9 Å². The Kier molecular flexibility index (Phi) is 6.29. The monoisotopic (exact) mass is 416 g/mol. The van der Waals surface area contributed by atoms with Gasteiger partial charge in [-0.05, 0) is 68.1 Å². The Morgan fingerprint density at radius 2 is 1.83 bits per heavy atom. The zero-order chi connectivity index (χ0) is 21.2. The molecule has 0 unspecified atom stereocenters. The van der Waals surface area contributed by atoms with Crippen LogP contribution in [0.2, 0.25) is 0 Å². The quantitative estimate of drug-likeness (QED) is 0.749. The standard InChI is InChI=1S/C22H28N2O4S/c1-16-7-8-17(2)21(14-16)29(26,27)24-13-5-6-18(15-24)22(25)23(3)19-9-11-20(28-4)12-10-19/h7-12,14,18H,5-6,13,15H2,1-4H3/t18-/m0/s1. The van der Waals surface area contributed by atoms with Crippen molar-refractivity contribution in [2.24, 2.45) is 5.92 Å². The molecule has 3 rings (SSSR count). The molecule has 156 valence electrons. The summed E-state index contributed by atoms with van der Waals surface area (Å²) in [4.78, 5) is 15.0. The van der Waals surface area contributed by atoms with E-state index in [9.17, 15) is 13.2 Å². The minimum Gasteiger partial charge on any atom is -0.497 e. The zero-order valence-corrected chi connectivity index (χ0v) is 18.2. The molecule has 2 aromatic rings. The molecule has 1 saturated heterocycles. The normalized spacial score (nSPS) is 17.7. The van der Waals surface area contributed by atoms with Gasteiger partial charge < -0.3 is 9.64 Å². The van der Waals surface area contributed by atoms with Gasteiger partial charge in [-0.1, -0.05) is 12.1 Å². The van der Waals surface area contributed by atoms with Gasteiger partial charge in [0.1, 0.15) is 5.75 Å². The number of benzene rings is 2. The number of piperidine rings is 1. The number of methoxy groups -OCH3 is 1. The second-order valence-corrected chi connectivity index (χ2v) is 9.47. The lowest BCUT2D eigenvalue weighted by atomic mass is 9.98. The molecule has 0 spiro atoms. The van der Waals surface area contributed by atoms with Crippen LogP contribution in [0.1, 0.15) is 24.0 Å². The molecule has 29 heavy (non-hydrogen) atoms. The predicted octanol–water partition coefficient (Wildman–Crippen LogP) is 3.38. The Bertz CT molecular complexity index is 986. The highest BCUT2D eigenvalue weighted by atomic mass is 32.2. The molecule has 0 aliphatic carbocycles. The molecule has 1 amide bonds. The molecule has 1 aliphatic heterocycles. The van der Waals surface area contributed by atoms with Crippen LogP contribution in [0.25, 0.3) is 0 Å². The number of hydrogen-bond donors (Lipinski definition) is 0. The maximum Gasteiger partial charge on any atom is 0.243 e. The molecule has 0 aromatic heterocycles. The fourth-order valence-corrected chi connectivity index (χ4v) is 5.53. The molecule has 1 heterocycles. The molecule has 0 radical (unpaired) electrons.